The predicted molar refractivity (Wildman–Crippen MR) is 73.8 cm³/mol. The number of benzene rings is 1. The van der Waals surface area contributed by atoms with E-state index in [4.69, 9.17) is 0 Å². The number of hydrogen-bond acceptors (Lipinski definition) is 4. The van der Waals surface area contributed by atoms with E-state index in [1.807, 2.05) is 30.3 Å². The maximum atomic E-state index is 10.7. The van der Waals surface area contributed by atoms with Crippen molar-refractivity contribution in [3.05, 3.63) is 58.0 Å². The molecule has 0 aliphatic carbocycles. The molecule has 1 aromatic carbocycles. The lowest BCUT2D eigenvalue weighted by Gasteiger charge is -2.28. The Morgan fingerprint density at radius 2 is 2.05 bits per heavy atom. The van der Waals surface area contributed by atoms with Crippen LogP contribution >= 0.6 is 0 Å². The molecule has 0 bridgehead atoms. The summed E-state index contributed by atoms with van der Waals surface area (Å²) in [7, 11) is 0. The minimum atomic E-state index is -0.387. The molecule has 0 spiro atoms. The van der Waals surface area contributed by atoms with Crippen LogP contribution in [0.4, 0.5) is 0 Å². The molecule has 1 saturated heterocycles. The highest BCUT2D eigenvalue weighted by atomic mass is 16.6. The van der Waals surface area contributed by atoms with Gasteiger partial charge < -0.3 is 10.2 Å². The third kappa shape index (κ3) is 4.28. The van der Waals surface area contributed by atoms with Crippen LogP contribution in [0.3, 0.4) is 0 Å². The van der Waals surface area contributed by atoms with Gasteiger partial charge >= 0.3 is 0 Å². The minimum absolute atomic E-state index is 0.387. The summed E-state index contributed by atoms with van der Waals surface area (Å²) in [5.41, 5.74) is 1.17. The molecule has 0 atom stereocenters. The lowest BCUT2D eigenvalue weighted by Crippen LogP contribution is -2.35. The van der Waals surface area contributed by atoms with Gasteiger partial charge in [0.15, 0.2) is 5.82 Å². The highest BCUT2D eigenvalue weighted by molar-refractivity contribution is 5.15. The van der Waals surface area contributed by atoms with Crippen molar-refractivity contribution >= 4 is 0 Å². The molecule has 1 aliphatic heterocycles. The Morgan fingerprint density at radius 1 is 1.26 bits per heavy atom. The summed E-state index contributed by atoms with van der Waals surface area (Å²) in [6.07, 6.45) is 4.37. The van der Waals surface area contributed by atoms with Crippen LogP contribution in [0.2, 0.25) is 0 Å². The molecule has 1 heterocycles. The monoisotopic (exact) mass is 261 g/mol. The Balaban J connectivity index is 2.13. The molecule has 19 heavy (non-hydrogen) atoms. The molecule has 1 aromatic rings. The fourth-order valence-corrected chi connectivity index (χ4v) is 2.25. The minimum Gasteiger partial charge on any atom is -0.367 e. The van der Waals surface area contributed by atoms with E-state index in [-0.39, 0.29) is 4.92 Å². The highest BCUT2D eigenvalue weighted by Crippen LogP contribution is 2.13. The average Bonchev–Trinajstić information content (AvgIpc) is 2.38. The molecule has 0 saturated carbocycles. The molecular formula is C14H19N3O2. The van der Waals surface area contributed by atoms with Gasteiger partial charge in [-0.25, -0.2) is 0 Å². The molecule has 0 unspecified atom stereocenters. The zero-order valence-electron chi connectivity index (χ0n) is 10.9. The predicted octanol–water partition coefficient (Wildman–Crippen LogP) is 2.34. The van der Waals surface area contributed by atoms with Gasteiger partial charge in [0.05, 0.1) is 4.92 Å². The normalized spacial score (nSPS) is 18.5. The highest BCUT2D eigenvalue weighted by Gasteiger charge is 2.15. The Labute approximate surface area is 113 Å². The van der Waals surface area contributed by atoms with Crippen LogP contribution in [0.15, 0.2) is 42.4 Å². The van der Waals surface area contributed by atoms with Crippen molar-refractivity contribution in [2.75, 3.05) is 13.1 Å². The lowest BCUT2D eigenvalue weighted by molar-refractivity contribution is -0.404. The molecular weight excluding hydrogens is 242 g/mol. The zero-order valence-corrected chi connectivity index (χ0v) is 10.9. The van der Waals surface area contributed by atoms with Crippen LogP contribution in [-0.4, -0.2) is 22.9 Å². The van der Waals surface area contributed by atoms with E-state index < -0.39 is 0 Å². The first-order chi connectivity index (χ1) is 9.25. The Morgan fingerprint density at radius 3 is 2.79 bits per heavy atom. The maximum absolute atomic E-state index is 10.7. The van der Waals surface area contributed by atoms with Gasteiger partial charge in [0.2, 0.25) is 0 Å². The quantitative estimate of drug-likeness (QED) is 0.670. The summed E-state index contributed by atoms with van der Waals surface area (Å²) in [4.78, 5) is 12.4. The van der Waals surface area contributed by atoms with Crippen LogP contribution in [0.25, 0.3) is 0 Å². The number of nitrogens with zero attached hydrogens (tertiary/aromatic N) is 2. The average molecular weight is 261 g/mol. The molecule has 1 fully saturated rings. The second kappa shape index (κ2) is 6.78. The van der Waals surface area contributed by atoms with Crippen molar-refractivity contribution < 1.29 is 4.92 Å². The van der Waals surface area contributed by atoms with E-state index in [1.54, 1.807) is 0 Å². The van der Waals surface area contributed by atoms with E-state index in [0.29, 0.717) is 12.4 Å². The number of hydrogen-bond donors (Lipinski definition) is 1. The number of rotatable bonds is 3. The molecule has 2 rings (SSSR count). The van der Waals surface area contributed by atoms with Gasteiger partial charge in [-0.3, -0.25) is 10.1 Å². The lowest BCUT2D eigenvalue weighted by atomic mass is 10.1. The van der Waals surface area contributed by atoms with Gasteiger partial charge in [0.1, 0.15) is 0 Å². The molecule has 0 aromatic heterocycles. The third-order valence-electron chi connectivity index (χ3n) is 3.20. The summed E-state index contributed by atoms with van der Waals surface area (Å²) < 4.78 is 0. The summed E-state index contributed by atoms with van der Waals surface area (Å²) >= 11 is 0. The van der Waals surface area contributed by atoms with Crippen LogP contribution in [-0.2, 0) is 6.54 Å². The number of nitrogens with one attached hydrogen (secondary N) is 1. The Hall–Kier alpha value is -2.04. The van der Waals surface area contributed by atoms with E-state index >= 15 is 0 Å². The Bertz CT molecular complexity index is 445. The first kappa shape index (κ1) is 13.4. The van der Waals surface area contributed by atoms with Crippen molar-refractivity contribution in [1.29, 1.82) is 0 Å². The van der Waals surface area contributed by atoms with Crippen molar-refractivity contribution in [3.63, 3.8) is 0 Å². The van der Waals surface area contributed by atoms with Gasteiger partial charge in [-0.05, 0) is 24.8 Å². The Kier molecular flexibility index (Phi) is 4.78. The first-order valence-corrected chi connectivity index (χ1v) is 6.64. The van der Waals surface area contributed by atoms with Crippen molar-refractivity contribution in [2.24, 2.45) is 0 Å². The fourth-order valence-electron chi connectivity index (χ4n) is 2.25. The second-order valence-electron chi connectivity index (χ2n) is 4.69. The van der Waals surface area contributed by atoms with E-state index in [0.717, 1.165) is 38.6 Å². The SMILES string of the molecule is O=[N+]([O-])/C=C1\NCCCCCN1Cc1ccccc1. The fraction of sp³-hybridized carbons (Fsp3) is 0.429. The van der Waals surface area contributed by atoms with E-state index in [2.05, 4.69) is 10.2 Å². The van der Waals surface area contributed by atoms with Crippen LogP contribution < -0.4 is 5.32 Å². The van der Waals surface area contributed by atoms with Crippen LogP contribution in [0, 0.1) is 10.1 Å². The molecule has 1 aliphatic rings. The van der Waals surface area contributed by atoms with Gasteiger partial charge in [0, 0.05) is 19.6 Å². The van der Waals surface area contributed by atoms with Crippen LogP contribution in [0.1, 0.15) is 24.8 Å². The van der Waals surface area contributed by atoms with Crippen molar-refractivity contribution in [2.45, 2.75) is 25.8 Å². The summed E-state index contributed by atoms with van der Waals surface area (Å²) in [6, 6.07) is 10.0. The maximum Gasteiger partial charge on any atom is 0.274 e. The smallest absolute Gasteiger partial charge is 0.274 e. The zero-order chi connectivity index (χ0) is 13.5. The summed E-state index contributed by atoms with van der Waals surface area (Å²) in [5, 5.41) is 13.9. The topological polar surface area (TPSA) is 58.4 Å². The van der Waals surface area contributed by atoms with Crippen LogP contribution in [0.5, 0.6) is 0 Å². The van der Waals surface area contributed by atoms with E-state index in [1.165, 1.54) is 5.56 Å². The van der Waals surface area contributed by atoms with Gasteiger partial charge in [-0.2, -0.15) is 0 Å². The standard InChI is InChI=1S/C14H19N3O2/c18-17(19)12-14-15-9-5-2-6-10-16(14)11-13-7-3-1-4-8-13/h1,3-4,7-8,12,15H,2,5-6,9-11H2/b14-12+. The van der Waals surface area contributed by atoms with Crippen molar-refractivity contribution in [1.82, 2.24) is 10.2 Å². The summed E-state index contributed by atoms with van der Waals surface area (Å²) in [6.45, 7) is 2.35. The molecule has 102 valence electrons. The largest absolute Gasteiger partial charge is 0.367 e. The number of nitro groups is 1. The van der Waals surface area contributed by atoms with Gasteiger partial charge in [0.25, 0.3) is 6.20 Å². The second-order valence-corrected chi connectivity index (χ2v) is 4.69. The molecule has 1 N–H and O–H groups in total. The van der Waals surface area contributed by atoms with Crippen molar-refractivity contribution in [3.8, 4) is 0 Å². The third-order valence-corrected chi connectivity index (χ3v) is 3.20. The molecule has 0 amide bonds. The molecule has 0 radical (unpaired) electrons. The molecule has 5 heteroatoms. The van der Waals surface area contributed by atoms with Gasteiger partial charge in [-0.15, -0.1) is 0 Å². The first-order valence-electron chi connectivity index (χ1n) is 6.64. The van der Waals surface area contributed by atoms with E-state index in [9.17, 15) is 10.1 Å². The van der Waals surface area contributed by atoms with Gasteiger partial charge in [-0.1, -0.05) is 30.3 Å². The molecule has 5 nitrogen and oxygen atoms in total. The summed E-state index contributed by atoms with van der Waals surface area (Å²) in [5.74, 6) is 0.619.